The highest BCUT2D eigenvalue weighted by Crippen LogP contribution is 2.23. The van der Waals surface area contributed by atoms with Gasteiger partial charge < -0.3 is 10.2 Å². The van der Waals surface area contributed by atoms with E-state index in [9.17, 15) is 18.0 Å². The van der Waals surface area contributed by atoms with E-state index in [0.29, 0.717) is 18.5 Å². The number of aryl methyl sites for hydroxylation is 2. The molecule has 0 bridgehead atoms. The molecule has 0 spiro atoms. The fourth-order valence-corrected chi connectivity index (χ4v) is 6.11. The van der Waals surface area contributed by atoms with Crippen LogP contribution in [0.15, 0.2) is 77.3 Å². The maximum Gasteiger partial charge on any atom is 0.243 e. The summed E-state index contributed by atoms with van der Waals surface area (Å²) in [5.41, 5.74) is 3.86. The Morgan fingerprint density at radius 3 is 2.05 bits per heavy atom. The molecule has 0 fully saturated rings. The van der Waals surface area contributed by atoms with E-state index in [4.69, 9.17) is 0 Å². The standard InChI is InChI=1S/C33H42BrN3O4S/c1-24-19-25(2)21-29(20-24)37(42(6,40)41)18-10-13-31(38)36(23-27-14-16-28(34)17-15-27)30(32(39)35-33(3,4)5)22-26-11-8-7-9-12-26/h7-9,11-12,14-17,19-21,30H,10,13,18,22-23H2,1-6H3,(H,35,39)/t30-/m0/s1. The number of hydrogen-bond donors (Lipinski definition) is 1. The second-order valence-corrected chi connectivity index (χ2v) is 14.7. The molecule has 0 aliphatic rings. The zero-order chi connectivity index (χ0) is 31.1. The van der Waals surface area contributed by atoms with Gasteiger partial charge in [-0.1, -0.05) is 64.5 Å². The van der Waals surface area contributed by atoms with Gasteiger partial charge in [0, 0.05) is 35.9 Å². The summed E-state index contributed by atoms with van der Waals surface area (Å²) < 4.78 is 27.8. The zero-order valence-corrected chi connectivity index (χ0v) is 27.8. The smallest absolute Gasteiger partial charge is 0.243 e. The molecule has 226 valence electrons. The van der Waals surface area contributed by atoms with Crippen LogP contribution in [0.25, 0.3) is 0 Å². The molecule has 0 aliphatic carbocycles. The van der Waals surface area contributed by atoms with Gasteiger partial charge >= 0.3 is 0 Å². The number of amides is 2. The number of nitrogens with zero attached hydrogens (tertiary/aromatic N) is 2. The van der Waals surface area contributed by atoms with Crippen LogP contribution in [0.3, 0.4) is 0 Å². The SMILES string of the molecule is Cc1cc(C)cc(N(CCCC(=O)N(Cc2ccc(Br)cc2)[C@@H](Cc2ccccc2)C(=O)NC(C)(C)C)S(C)(=O)=O)c1. The largest absolute Gasteiger partial charge is 0.350 e. The van der Waals surface area contributed by atoms with Crippen molar-refractivity contribution < 1.29 is 18.0 Å². The molecule has 42 heavy (non-hydrogen) atoms. The first-order chi connectivity index (χ1) is 19.6. The van der Waals surface area contributed by atoms with Crippen molar-refractivity contribution in [2.45, 2.75) is 72.0 Å². The molecule has 3 aromatic rings. The van der Waals surface area contributed by atoms with Crippen LogP contribution in [0.4, 0.5) is 5.69 Å². The van der Waals surface area contributed by atoms with Crippen LogP contribution in [0.5, 0.6) is 0 Å². The summed E-state index contributed by atoms with van der Waals surface area (Å²) in [6, 6.07) is 22.2. The van der Waals surface area contributed by atoms with Crippen LogP contribution in [0, 0.1) is 13.8 Å². The number of sulfonamides is 1. The van der Waals surface area contributed by atoms with Crippen LogP contribution < -0.4 is 9.62 Å². The van der Waals surface area contributed by atoms with Crippen LogP contribution in [0.1, 0.15) is 55.9 Å². The minimum Gasteiger partial charge on any atom is -0.350 e. The molecule has 2 amide bonds. The molecule has 0 unspecified atom stereocenters. The number of benzene rings is 3. The molecular formula is C33H42BrN3O4S. The minimum atomic E-state index is -3.57. The number of nitrogens with one attached hydrogen (secondary N) is 1. The first-order valence-corrected chi connectivity index (χ1v) is 16.7. The van der Waals surface area contributed by atoms with Crippen LogP contribution in [-0.2, 0) is 32.6 Å². The van der Waals surface area contributed by atoms with E-state index in [-0.39, 0.29) is 31.3 Å². The van der Waals surface area contributed by atoms with Crippen LogP contribution >= 0.6 is 15.9 Å². The molecule has 1 atom stereocenters. The third-order valence-electron chi connectivity index (χ3n) is 6.68. The molecule has 0 heterocycles. The highest BCUT2D eigenvalue weighted by molar-refractivity contribution is 9.10. The van der Waals surface area contributed by atoms with E-state index in [1.54, 1.807) is 4.90 Å². The van der Waals surface area contributed by atoms with E-state index in [0.717, 1.165) is 26.7 Å². The summed E-state index contributed by atoms with van der Waals surface area (Å²) in [5.74, 6) is -0.443. The highest BCUT2D eigenvalue weighted by atomic mass is 79.9. The van der Waals surface area contributed by atoms with Crippen molar-refractivity contribution in [3.63, 3.8) is 0 Å². The predicted molar refractivity (Wildman–Crippen MR) is 174 cm³/mol. The Labute approximate surface area is 259 Å². The van der Waals surface area contributed by atoms with Crippen LogP contribution in [0.2, 0.25) is 0 Å². The summed E-state index contributed by atoms with van der Waals surface area (Å²) in [7, 11) is -3.57. The lowest BCUT2D eigenvalue weighted by Crippen LogP contribution is -2.54. The number of halogens is 1. The molecule has 0 aliphatic heterocycles. The molecule has 7 nitrogen and oxygen atoms in total. The molecular weight excluding hydrogens is 614 g/mol. The average Bonchev–Trinajstić information content (AvgIpc) is 2.88. The van der Waals surface area contributed by atoms with Gasteiger partial charge in [0.2, 0.25) is 21.8 Å². The van der Waals surface area contributed by atoms with Gasteiger partial charge in [-0.2, -0.15) is 0 Å². The normalized spacial score (nSPS) is 12.5. The number of carbonyl (C=O) groups excluding carboxylic acids is 2. The maximum atomic E-state index is 14.0. The Balaban J connectivity index is 1.91. The van der Waals surface area contributed by atoms with Crippen molar-refractivity contribution in [1.29, 1.82) is 0 Å². The van der Waals surface area contributed by atoms with Crippen molar-refractivity contribution in [2.75, 3.05) is 17.1 Å². The average molecular weight is 657 g/mol. The Hall–Kier alpha value is -3.17. The fourth-order valence-electron chi connectivity index (χ4n) is 4.89. The number of rotatable bonds is 12. The fraction of sp³-hybridized carbons (Fsp3) is 0.394. The van der Waals surface area contributed by atoms with Gasteiger partial charge in [0.25, 0.3) is 0 Å². The summed E-state index contributed by atoms with van der Waals surface area (Å²) in [4.78, 5) is 29.3. The monoisotopic (exact) mass is 655 g/mol. The molecule has 0 saturated heterocycles. The molecule has 0 saturated carbocycles. The molecule has 0 aromatic heterocycles. The maximum absolute atomic E-state index is 14.0. The molecule has 3 aromatic carbocycles. The second kappa shape index (κ2) is 14.3. The highest BCUT2D eigenvalue weighted by Gasteiger charge is 2.32. The molecule has 0 radical (unpaired) electrons. The van der Waals surface area contributed by atoms with Gasteiger partial charge in [-0.15, -0.1) is 0 Å². The Morgan fingerprint density at radius 2 is 1.50 bits per heavy atom. The molecule has 3 rings (SSSR count). The van der Waals surface area contributed by atoms with Crippen molar-refractivity contribution in [3.8, 4) is 0 Å². The van der Waals surface area contributed by atoms with Gasteiger partial charge in [0.15, 0.2) is 0 Å². The first-order valence-electron chi connectivity index (χ1n) is 14.1. The third-order valence-corrected chi connectivity index (χ3v) is 8.40. The Morgan fingerprint density at radius 1 is 0.905 bits per heavy atom. The van der Waals surface area contributed by atoms with Gasteiger partial charge in [-0.25, -0.2) is 8.42 Å². The van der Waals surface area contributed by atoms with Crippen LogP contribution in [-0.4, -0.2) is 49.5 Å². The van der Waals surface area contributed by atoms with Gasteiger partial charge in [-0.05, 0) is 87.6 Å². The number of carbonyl (C=O) groups is 2. The quantitative estimate of drug-likeness (QED) is 0.253. The van der Waals surface area contributed by atoms with Crippen molar-refractivity contribution >= 4 is 43.5 Å². The summed E-state index contributed by atoms with van der Waals surface area (Å²) >= 11 is 3.46. The van der Waals surface area contributed by atoms with E-state index < -0.39 is 21.6 Å². The van der Waals surface area contributed by atoms with Crippen molar-refractivity contribution in [3.05, 3.63) is 99.5 Å². The van der Waals surface area contributed by atoms with E-state index in [1.165, 1.54) is 10.6 Å². The Kier molecular flexibility index (Phi) is 11.4. The second-order valence-electron chi connectivity index (χ2n) is 11.9. The predicted octanol–water partition coefficient (Wildman–Crippen LogP) is 6.17. The lowest BCUT2D eigenvalue weighted by Gasteiger charge is -2.34. The summed E-state index contributed by atoms with van der Waals surface area (Å²) in [6.07, 6.45) is 1.91. The molecule has 1 N–H and O–H groups in total. The van der Waals surface area contributed by atoms with Crippen molar-refractivity contribution in [2.24, 2.45) is 0 Å². The third kappa shape index (κ3) is 10.3. The molecule has 9 heteroatoms. The van der Waals surface area contributed by atoms with E-state index in [2.05, 4.69) is 21.2 Å². The number of hydrogen-bond acceptors (Lipinski definition) is 4. The summed E-state index contributed by atoms with van der Waals surface area (Å²) in [6.45, 7) is 9.99. The van der Waals surface area contributed by atoms with E-state index >= 15 is 0 Å². The zero-order valence-electron chi connectivity index (χ0n) is 25.4. The van der Waals surface area contributed by atoms with Gasteiger partial charge in [0.1, 0.15) is 6.04 Å². The van der Waals surface area contributed by atoms with Gasteiger partial charge in [0.05, 0.1) is 11.9 Å². The lowest BCUT2D eigenvalue weighted by molar-refractivity contribution is -0.142. The topological polar surface area (TPSA) is 86.8 Å². The van der Waals surface area contributed by atoms with Crippen molar-refractivity contribution in [1.82, 2.24) is 10.2 Å². The minimum absolute atomic E-state index is 0.0848. The van der Waals surface area contributed by atoms with Gasteiger partial charge in [-0.3, -0.25) is 13.9 Å². The Bertz CT molecular complexity index is 1450. The lowest BCUT2D eigenvalue weighted by atomic mass is 10.00. The van der Waals surface area contributed by atoms with E-state index in [1.807, 2.05) is 107 Å². The number of anilines is 1. The summed E-state index contributed by atoms with van der Waals surface area (Å²) in [5, 5.41) is 3.07. The first kappa shape index (κ1) is 33.3.